The van der Waals surface area contributed by atoms with Crippen LogP contribution in [-0.4, -0.2) is 27.8 Å². The molecule has 17 heavy (non-hydrogen) atoms. The van der Waals surface area contributed by atoms with Crippen LogP contribution in [0.4, 0.5) is 0 Å². The van der Waals surface area contributed by atoms with E-state index in [0.29, 0.717) is 12.6 Å². The SMILES string of the molecule is CC[SiH](CC)OC(C)CCCCCCN=C=O. The van der Waals surface area contributed by atoms with E-state index >= 15 is 0 Å². The second-order valence-electron chi connectivity index (χ2n) is 4.56. The van der Waals surface area contributed by atoms with Crippen LogP contribution >= 0.6 is 0 Å². The molecule has 0 radical (unpaired) electrons. The van der Waals surface area contributed by atoms with E-state index in [0.717, 1.165) is 12.8 Å². The lowest BCUT2D eigenvalue weighted by molar-refractivity contribution is 0.205. The zero-order valence-electron chi connectivity index (χ0n) is 11.6. The first-order valence-electron chi connectivity index (χ1n) is 6.93. The molecule has 0 fully saturated rings. The van der Waals surface area contributed by atoms with Gasteiger partial charge >= 0.3 is 0 Å². The van der Waals surface area contributed by atoms with Crippen LogP contribution in [0.3, 0.4) is 0 Å². The Balaban J connectivity index is 3.38. The predicted molar refractivity (Wildman–Crippen MR) is 74.7 cm³/mol. The van der Waals surface area contributed by atoms with Crippen molar-refractivity contribution in [3.05, 3.63) is 0 Å². The van der Waals surface area contributed by atoms with Gasteiger partial charge in [0, 0.05) is 6.10 Å². The van der Waals surface area contributed by atoms with Crippen molar-refractivity contribution in [2.45, 2.75) is 71.1 Å². The molecule has 1 atom stereocenters. The van der Waals surface area contributed by atoms with E-state index in [1.165, 1.54) is 31.4 Å². The molecule has 0 heterocycles. The summed E-state index contributed by atoms with van der Waals surface area (Å²) < 4.78 is 6.06. The zero-order chi connectivity index (χ0) is 12.9. The van der Waals surface area contributed by atoms with Crippen molar-refractivity contribution in [2.24, 2.45) is 4.99 Å². The molecule has 0 saturated heterocycles. The summed E-state index contributed by atoms with van der Waals surface area (Å²) in [5, 5.41) is 0. The summed E-state index contributed by atoms with van der Waals surface area (Å²) in [6, 6.07) is 2.48. The van der Waals surface area contributed by atoms with Crippen molar-refractivity contribution < 1.29 is 9.22 Å². The van der Waals surface area contributed by atoms with Crippen LogP contribution in [0.5, 0.6) is 0 Å². The van der Waals surface area contributed by atoms with E-state index in [4.69, 9.17) is 4.43 Å². The van der Waals surface area contributed by atoms with Gasteiger partial charge in [-0.15, -0.1) is 0 Å². The Hall–Kier alpha value is -0.443. The number of nitrogens with zero attached hydrogens (tertiary/aromatic N) is 1. The van der Waals surface area contributed by atoms with Crippen molar-refractivity contribution in [3.8, 4) is 0 Å². The first kappa shape index (κ1) is 16.6. The minimum atomic E-state index is -0.882. The van der Waals surface area contributed by atoms with Gasteiger partial charge in [-0.2, -0.15) is 0 Å². The van der Waals surface area contributed by atoms with Crippen molar-refractivity contribution in [1.82, 2.24) is 0 Å². The molecular formula is C13H27NO2Si. The molecule has 0 rings (SSSR count). The summed E-state index contributed by atoms with van der Waals surface area (Å²) in [5.74, 6) is 0. The summed E-state index contributed by atoms with van der Waals surface area (Å²) in [6.07, 6.45) is 7.76. The van der Waals surface area contributed by atoms with Gasteiger partial charge in [0.2, 0.25) is 6.08 Å². The molecule has 1 unspecified atom stereocenters. The third-order valence-electron chi connectivity index (χ3n) is 3.03. The van der Waals surface area contributed by atoms with Crippen LogP contribution in [-0.2, 0) is 9.22 Å². The third kappa shape index (κ3) is 10.4. The zero-order valence-corrected chi connectivity index (χ0v) is 12.7. The molecular weight excluding hydrogens is 230 g/mol. The van der Waals surface area contributed by atoms with E-state index in [9.17, 15) is 4.79 Å². The van der Waals surface area contributed by atoms with Gasteiger partial charge in [0.1, 0.15) is 0 Å². The van der Waals surface area contributed by atoms with E-state index in [-0.39, 0.29) is 0 Å². The molecule has 0 aromatic rings. The Kier molecular flexibility index (Phi) is 11.7. The Morgan fingerprint density at radius 2 is 1.82 bits per heavy atom. The maximum Gasteiger partial charge on any atom is 0.234 e. The highest BCUT2D eigenvalue weighted by Gasteiger charge is 2.10. The summed E-state index contributed by atoms with van der Waals surface area (Å²) in [5.41, 5.74) is 0. The van der Waals surface area contributed by atoms with Crippen LogP contribution in [0.15, 0.2) is 4.99 Å². The molecule has 0 amide bonds. The number of aliphatic imine (C=N–C) groups is 1. The van der Waals surface area contributed by atoms with Crippen LogP contribution in [0.2, 0.25) is 12.1 Å². The summed E-state index contributed by atoms with van der Waals surface area (Å²) >= 11 is 0. The minimum absolute atomic E-state index is 0.430. The number of hydrogen-bond donors (Lipinski definition) is 0. The van der Waals surface area contributed by atoms with Crippen molar-refractivity contribution in [2.75, 3.05) is 6.54 Å². The van der Waals surface area contributed by atoms with Gasteiger partial charge in [0.15, 0.2) is 9.04 Å². The number of hydrogen-bond acceptors (Lipinski definition) is 3. The van der Waals surface area contributed by atoms with Gasteiger partial charge in [0.05, 0.1) is 6.54 Å². The first-order chi connectivity index (χ1) is 8.24. The lowest BCUT2D eigenvalue weighted by Crippen LogP contribution is -2.22. The fourth-order valence-electron chi connectivity index (χ4n) is 1.90. The molecule has 0 aliphatic carbocycles. The largest absolute Gasteiger partial charge is 0.417 e. The monoisotopic (exact) mass is 257 g/mol. The fraction of sp³-hybridized carbons (Fsp3) is 0.923. The second-order valence-corrected chi connectivity index (χ2v) is 7.71. The van der Waals surface area contributed by atoms with E-state index in [1.807, 2.05) is 0 Å². The third-order valence-corrected chi connectivity index (χ3v) is 5.70. The maximum absolute atomic E-state index is 9.84. The molecule has 0 spiro atoms. The second kappa shape index (κ2) is 12.0. The molecule has 0 aliphatic rings. The van der Waals surface area contributed by atoms with E-state index in [1.54, 1.807) is 6.08 Å². The molecule has 0 aliphatic heterocycles. The normalized spacial score (nSPS) is 12.5. The molecule has 0 saturated carbocycles. The van der Waals surface area contributed by atoms with E-state index < -0.39 is 9.04 Å². The van der Waals surface area contributed by atoms with Crippen LogP contribution < -0.4 is 0 Å². The van der Waals surface area contributed by atoms with Gasteiger partial charge in [-0.25, -0.2) is 9.79 Å². The molecule has 3 nitrogen and oxygen atoms in total. The molecule has 0 aromatic heterocycles. The quantitative estimate of drug-likeness (QED) is 0.246. The van der Waals surface area contributed by atoms with Crippen molar-refractivity contribution >= 4 is 15.1 Å². The molecule has 4 heteroatoms. The summed E-state index contributed by atoms with van der Waals surface area (Å²) in [6.45, 7) is 7.31. The maximum atomic E-state index is 9.84. The standard InChI is InChI=1S/C13H27NO2Si/c1-4-17(5-2)16-13(3)10-8-6-7-9-11-14-12-15/h13,17H,4-11H2,1-3H3. The van der Waals surface area contributed by atoms with Crippen LogP contribution in [0.1, 0.15) is 52.9 Å². The smallest absolute Gasteiger partial charge is 0.234 e. The summed E-state index contributed by atoms with van der Waals surface area (Å²) in [4.78, 5) is 13.4. The Morgan fingerprint density at radius 3 is 2.41 bits per heavy atom. The van der Waals surface area contributed by atoms with Crippen LogP contribution in [0, 0.1) is 0 Å². The van der Waals surface area contributed by atoms with Gasteiger partial charge in [0.25, 0.3) is 0 Å². The van der Waals surface area contributed by atoms with Gasteiger partial charge < -0.3 is 4.43 Å². The molecule has 0 N–H and O–H groups in total. The molecule has 0 bridgehead atoms. The van der Waals surface area contributed by atoms with Crippen molar-refractivity contribution in [3.63, 3.8) is 0 Å². The van der Waals surface area contributed by atoms with Gasteiger partial charge in [-0.1, -0.05) is 33.1 Å². The van der Waals surface area contributed by atoms with Gasteiger partial charge in [-0.05, 0) is 31.9 Å². The van der Waals surface area contributed by atoms with Crippen molar-refractivity contribution in [1.29, 1.82) is 0 Å². The Labute approximate surface area is 107 Å². The van der Waals surface area contributed by atoms with E-state index in [2.05, 4.69) is 25.8 Å². The first-order valence-corrected chi connectivity index (χ1v) is 9.04. The predicted octanol–water partition coefficient (Wildman–Crippen LogP) is 3.44. The van der Waals surface area contributed by atoms with Crippen LogP contribution in [0.25, 0.3) is 0 Å². The highest BCUT2D eigenvalue weighted by atomic mass is 28.3. The summed E-state index contributed by atoms with van der Waals surface area (Å²) in [7, 11) is -0.882. The fourth-order valence-corrected chi connectivity index (χ4v) is 3.65. The average molecular weight is 257 g/mol. The molecule has 100 valence electrons. The highest BCUT2D eigenvalue weighted by Crippen LogP contribution is 2.11. The lowest BCUT2D eigenvalue weighted by Gasteiger charge is -2.19. The Morgan fingerprint density at radius 1 is 1.18 bits per heavy atom. The Bertz CT molecular complexity index is 213. The number of carbonyl (C=O) groups excluding carboxylic acids is 1. The highest BCUT2D eigenvalue weighted by molar-refractivity contribution is 6.51. The lowest BCUT2D eigenvalue weighted by atomic mass is 10.1. The van der Waals surface area contributed by atoms with Gasteiger partial charge in [-0.3, -0.25) is 0 Å². The average Bonchev–Trinajstić information content (AvgIpc) is 2.34. The minimum Gasteiger partial charge on any atom is -0.417 e. The topological polar surface area (TPSA) is 38.7 Å². The molecule has 0 aromatic carbocycles. The number of isocyanates is 1. The number of unbranched alkanes of at least 4 members (excludes halogenated alkanes) is 3. The number of rotatable bonds is 11.